The van der Waals surface area contributed by atoms with Gasteiger partial charge in [0.25, 0.3) is 0 Å². The van der Waals surface area contributed by atoms with Gasteiger partial charge in [0.1, 0.15) is 0 Å². The number of carbonyl (C=O) groups excluding carboxylic acids is 2. The molecule has 0 saturated carbocycles. The van der Waals surface area contributed by atoms with Crippen molar-refractivity contribution in [1.29, 1.82) is 0 Å². The molecule has 2 heterocycles. The molecule has 1 fully saturated rings. The van der Waals surface area contributed by atoms with Gasteiger partial charge >= 0.3 is 0 Å². The van der Waals surface area contributed by atoms with Crippen molar-refractivity contribution < 1.29 is 18.0 Å². The smallest absolute Gasteiger partial charge is 0.243 e. The van der Waals surface area contributed by atoms with E-state index in [0.717, 1.165) is 5.56 Å². The maximum absolute atomic E-state index is 12.9. The number of halogens is 1. The number of rotatable bonds is 7. The third-order valence-corrected chi connectivity index (χ3v) is 7.54. The zero-order valence-corrected chi connectivity index (χ0v) is 18.9. The van der Waals surface area contributed by atoms with Gasteiger partial charge < -0.3 is 4.98 Å². The van der Waals surface area contributed by atoms with E-state index in [1.807, 2.05) is 11.8 Å². The van der Waals surface area contributed by atoms with Gasteiger partial charge in [-0.25, -0.2) is 8.42 Å². The molecule has 1 aliphatic heterocycles. The summed E-state index contributed by atoms with van der Waals surface area (Å²) in [6.07, 6.45) is 0.589. The molecule has 1 saturated heterocycles. The van der Waals surface area contributed by atoms with Crippen LogP contribution >= 0.6 is 11.6 Å². The fourth-order valence-corrected chi connectivity index (χ4v) is 5.66. The lowest BCUT2D eigenvalue weighted by Crippen LogP contribution is -2.49. The molecule has 162 valence electrons. The Morgan fingerprint density at radius 1 is 1.17 bits per heavy atom. The van der Waals surface area contributed by atoms with Crippen molar-refractivity contribution in [2.45, 2.75) is 32.1 Å². The van der Waals surface area contributed by atoms with E-state index in [1.54, 1.807) is 19.1 Å². The summed E-state index contributed by atoms with van der Waals surface area (Å²) in [5.41, 5.74) is 2.54. The maximum atomic E-state index is 12.9. The van der Waals surface area contributed by atoms with E-state index in [2.05, 4.69) is 4.98 Å². The molecule has 0 spiro atoms. The minimum atomic E-state index is -3.62. The molecular weight excluding hydrogens is 426 g/mol. The van der Waals surface area contributed by atoms with E-state index in [-0.39, 0.29) is 23.0 Å². The third kappa shape index (κ3) is 4.51. The number of nitrogens with zero attached hydrogens (tertiary/aromatic N) is 2. The maximum Gasteiger partial charge on any atom is 0.243 e. The standard InChI is InChI=1S/C21H26ClN3O4S/c1-4-18-20(15(3)26)14(2)23-21(18)19(27)13-24-8-10-25(11-9-24)30(28,29)17-7-5-6-16(22)12-17/h5-7,12,23H,4,8-11,13H2,1-3H3. The molecule has 0 unspecified atom stereocenters. The van der Waals surface area contributed by atoms with Crippen LogP contribution in [0.25, 0.3) is 0 Å². The van der Waals surface area contributed by atoms with Crippen LogP contribution in [0.15, 0.2) is 29.2 Å². The first-order valence-corrected chi connectivity index (χ1v) is 11.7. The molecule has 3 rings (SSSR count). The molecule has 0 amide bonds. The fraction of sp³-hybridized carbons (Fsp3) is 0.429. The van der Waals surface area contributed by atoms with Crippen LogP contribution in [-0.2, 0) is 16.4 Å². The molecule has 2 aromatic rings. The van der Waals surface area contributed by atoms with Crippen LogP contribution in [0.1, 0.15) is 46.0 Å². The number of aromatic nitrogens is 1. The van der Waals surface area contributed by atoms with E-state index in [4.69, 9.17) is 11.6 Å². The highest BCUT2D eigenvalue weighted by atomic mass is 35.5. The number of carbonyl (C=O) groups is 2. The number of hydrogen-bond acceptors (Lipinski definition) is 5. The van der Waals surface area contributed by atoms with E-state index < -0.39 is 10.0 Å². The Kier molecular flexibility index (Phi) is 6.81. The Morgan fingerprint density at radius 3 is 2.40 bits per heavy atom. The topological polar surface area (TPSA) is 90.6 Å². The SMILES string of the molecule is CCc1c(C(=O)CN2CCN(S(=O)(=O)c3cccc(Cl)c3)CC2)[nH]c(C)c1C(C)=O. The van der Waals surface area contributed by atoms with Gasteiger partial charge in [-0.2, -0.15) is 4.31 Å². The van der Waals surface area contributed by atoms with Gasteiger partial charge in [0.2, 0.25) is 10.0 Å². The number of benzene rings is 1. The minimum absolute atomic E-state index is 0.0560. The molecule has 0 aliphatic carbocycles. The van der Waals surface area contributed by atoms with Crippen molar-refractivity contribution in [1.82, 2.24) is 14.2 Å². The van der Waals surface area contributed by atoms with E-state index in [9.17, 15) is 18.0 Å². The Balaban J connectivity index is 1.67. The monoisotopic (exact) mass is 451 g/mol. The first-order chi connectivity index (χ1) is 14.1. The molecule has 1 N–H and O–H groups in total. The average molecular weight is 452 g/mol. The van der Waals surface area contributed by atoms with Gasteiger partial charge in [-0.15, -0.1) is 0 Å². The molecule has 1 aromatic heterocycles. The van der Waals surface area contributed by atoms with Gasteiger partial charge in [0.05, 0.1) is 17.1 Å². The van der Waals surface area contributed by atoms with Gasteiger partial charge in [0, 0.05) is 42.5 Å². The number of H-pyrrole nitrogens is 1. The molecule has 0 atom stereocenters. The summed E-state index contributed by atoms with van der Waals surface area (Å²) in [6, 6.07) is 6.22. The predicted molar refractivity (Wildman–Crippen MR) is 116 cm³/mol. The number of hydrogen-bond donors (Lipinski definition) is 1. The molecule has 1 aromatic carbocycles. The lowest BCUT2D eigenvalue weighted by Gasteiger charge is -2.33. The number of aryl methyl sites for hydroxylation is 1. The van der Waals surface area contributed by atoms with Crippen molar-refractivity contribution in [2.24, 2.45) is 0 Å². The highest BCUT2D eigenvalue weighted by Gasteiger charge is 2.30. The minimum Gasteiger partial charge on any atom is -0.355 e. The molecule has 0 radical (unpaired) electrons. The van der Waals surface area contributed by atoms with Crippen LogP contribution in [0.2, 0.25) is 5.02 Å². The molecule has 1 aliphatic rings. The molecule has 7 nitrogen and oxygen atoms in total. The highest BCUT2D eigenvalue weighted by molar-refractivity contribution is 7.89. The lowest BCUT2D eigenvalue weighted by molar-refractivity contribution is 0.0896. The summed E-state index contributed by atoms with van der Waals surface area (Å²) < 4.78 is 27.1. The molecule has 30 heavy (non-hydrogen) atoms. The van der Waals surface area contributed by atoms with Crippen molar-refractivity contribution in [3.63, 3.8) is 0 Å². The summed E-state index contributed by atoms with van der Waals surface area (Å²) in [5.74, 6) is -0.145. The molecular formula is C21H26ClN3O4S. The van der Waals surface area contributed by atoms with Gasteiger partial charge in [-0.3, -0.25) is 14.5 Å². The highest BCUT2D eigenvalue weighted by Crippen LogP contribution is 2.23. The Bertz CT molecular complexity index is 1070. The Morgan fingerprint density at radius 2 is 1.83 bits per heavy atom. The summed E-state index contributed by atoms with van der Waals surface area (Å²) >= 11 is 5.93. The number of nitrogens with one attached hydrogen (secondary N) is 1. The zero-order chi connectivity index (χ0) is 22.1. The third-order valence-electron chi connectivity index (χ3n) is 5.41. The Hall–Kier alpha value is -2.00. The second-order valence-electron chi connectivity index (χ2n) is 7.45. The normalized spacial score (nSPS) is 16.0. The van der Waals surface area contributed by atoms with E-state index in [1.165, 1.54) is 23.4 Å². The summed E-state index contributed by atoms with van der Waals surface area (Å²) in [5, 5.41) is 0.373. The zero-order valence-electron chi connectivity index (χ0n) is 17.4. The second kappa shape index (κ2) is 9.01. The van der Waals surface area contributed by atoms with Gasteiger partial charge in [0.15, 0.2) is 11.6 Å². The number of Topliss-reactive ketones (excluding diaryl/α,β-unsaturated/α-hetero) is 2. The van der Waals surface area contributed by atoms with Crippen LogP contribution in [-0.4, -0.2) is 66.9 Å². The van der Waals surface area contributed by atoms with Crippen LogP contribution in [0, 0.1) is 6.92 Å². The number of sulfonamides is 1. The number of aromatic amines is 1. The van der Waals surface area contributed by atoms with Crippen LogP contribution < -0.4 is 0 Å². The quantitative estimate of drug-likeness (QED) is 0.653. The van der Waals surface area contributed by atoms with E-state index in [0.29, 0.717) is 54.6 Å². The van der Waals surface area contributed by atoms with Crippen LogP contribution in [0.4, 0.5) is 0 Å². The summed E-state index contributed by atoms with van der Waals surface area (Å²) in [4.78, 5) is 30.0. The first kappa shape index (κ1) is 22.7. The summed E-state index contributed by atoms with van der Waals surface area (Å²) in [6.45, 7) is 6.89. The number of ketones is 2. The first-order valence-electron chi connectivity index (χ1n) is 9.88. The largest absolute Gasteiger partial charge is 0.355 e. The second-order valence-corrected chi connectivity index (χ2v) is 9.82. The fourth-order valence-electron chi connectivity index (χ4n) is 3.93. The predicted octanol–water partition coefficient (Wildman–Crippen LogP) is 2.93. The van der Waals surface area contributed by atoms with Crippen molar-refractivity contribution >= 4 is 33.2 Å². The van der Waals surface area contributed by atoms with Crippen molar-refractivity contribution in [2.75, 3.05) is 32.7 Å². The summed E-state index contributed by atoms with van der Waals surface area (Å²) in [7, 11) is -3.62. The van der Waals surface area contributed by atoms with Crippen molar-refractivity contribution in [3.8, 4) is 0 Å². The lowest BCUT2D eigenvalue weighted by atomic mass is 10.0. The number of piperazine rings is 1. The molecule has 0 bridgehead atoms. The van der Waals surface area contributed by atoms with Crippen molar-refractivity contribution in [3.05, 3.63) is 51.8 Å². The van der Waals surface area contributed by atoms with Gasteiger partial charge in [-0.05, 0) is 44.0 Å². The average Bonchev–Trinajstić information content (AvgIpc) is 3.05. The van der Waals surface area contributed by atoms with Crippen LogP contribution in [0.5, 0.6) is 0 Å². The Labute approximate surface area is 182 Å². The van der Waals surface area contributed by atoms with E-state index >= 15 is 0 Å². The molecule has 9 heteroatoms. The van der Waals surface area contributed by atoms with Crippen LogP contribution in [0.3, 0.4) is 0 Å². The van der Waals surface area contributed by atoms with Gasteiger partial charge in [-0.1, -0.05) is 24.6 Å².